The van der Waals surface area contributed by atoms with Gasteiger partial charge in [-0.3, -0.25) is 4.79 Å². The molecule has 1 aliphatic heterocycles. The van der Waals surface area contributed by atoms with Crippen LogP contribution in [0.3, 0.4) is 0 Å². The van der Waals surface area contributed by atoms with Crippen LogP contribution in [0.4, 0.5) is 0 Å². The number of hydrogen-bond acceptors (Lipinski definition) is 4. The number of hydrogen-bond donors (Lipinski definition) is 0. The second-order valence-corrected chi connectivity index (χ2v) is 10.2. The number of pyridine rings is 1. The number of rotatable bonds is 2. The Morgan fingerprint density at radius 3 is 2.58 bits per heavy atom. The topological polar surface area (TPSA) is 67.3 Å². The minimum absolute atomic E-state index is 0.202. The van der Waals surface area contributed by atoms with Crippen molar-refractivity contribution in [1.29, 1.82) is 0 Å². The lowest BCUT2D eigenvalue weighted by Crippen LogP contribution is -2.39. The molecule has 0 saturated carbocycles. The Morgan fingerprint density at radius 2 is 1.88 bits per heavy atom. The summed E-state index contributed by atoms with van der Waals surface area (Å²) in [5, 5.41) is 0.477. The average Bonchev–Trinajstić information content (AvgIpc) is 3.03. The summed E-state index contributed by atoms with van der Waals surface area (Å²) in [4.78, 5) is 18.7. The monoisotopic (exact) mass is 346 g/mol. The molecule has 1 fully saturated rings. The van der Waals surface area contributed by atoms with Gasteiger partial charge in [-0.05, 0) is 39.3 Å². The Kier molecular flexibility index (Phi) is 4.11. The zero-order valence-electron chi connectivity index (χ0n) is 14.2. The van der Waals surface area contributed by atoms with E-state index in [0.717, 1.165) is 10.9 Å². The number of nitrogens with zero attached hydrogens (tertiary/aromatic N) is 2. The Morgan fingerprint density at radius 1 is 1.17 bits per heavy atom. The lowest BCUT2D eigenvalue weighted by molar-refractivity contribution is 0.0787. The van der Waals surface area contributed by atoms with Crippen molar-refractivity contribution < 1.29 is 13.2 Å². The molecule has 3 rings (SSSR count). The van der Waals surface area contributed by atoms with Crippen LogP contribution in [0.25, 0.3) is 10.9 Å². The van der Waals surface area contributed by atoms with Crippen molar-refractivity contribution >= 4 is 26.6 Å². The third-order valence-corrected chi connectivity index (χ3v) is 7.51. The summed E-state index contributed by atoms with van der Waals surface area (Å²) in [6, 6.07) is 11.2. The van der Waals surface area contributed by atoms with Gasteiger partial charge in [-0.1, -0.05) is 24.3 Å². The summed E-state index contributed by atoms with van der Waals surface area (Å²) in [6.45, 7) is 5.81. The first-order valence-corrected chi connectivity index (χ1v) is 9.63. The van der Waals surface area contributed by atoms with Crippen molar-refractivity contribution in [3.63, 3.8) is 0 Å². The second kappa shape index (κ2) is 5.84. The van der Waals surface area contributed by atoms with E-state index in [1.165, 1.54) is 0 Å². The van der Waals surface area contributed by atoms with Crippen molar-refractivity contribution in [2.24, 2.45) is 0 Å². The van der Waals surface area contributed by atoms with Gasteiger partial charge >= 0.3 is 0 Å². The fraction of sp³-hybridized carbons (Fsp3) is 0.444. The maximum Gasteiger partial charge on any atom is 0.272 e. The normalized spacial score (nSPS) is 19.0. The first-order valence-electron chi connectivity index (χ1n) is 8.09. The van der Waals surface area contributed by atoms with Crippen molar-refractivity contribution in [3.05, 3.63) is 42.1 Å². The molecule has 0 N–H and O–H groups in total. The van der Waals surface area contributed by atoms with Crippen LogP contribution in [-0.4, -0.2) is 47.3 Å². The highest BCUT2D eigenvalue weighted by atomic mass is 32.2. The molecule has 24 heavy (non-hydrogen) atoms. The summed E-state index contributed by atoms with van der Waals surface area (Å²) in [6.07, 6.45) is 0.485. The Balaban J connectivity index is 1.81. The molecule has 0 aliphatic carbocycles. The quantitative estimate of drug-likeness (QED) is 0.838. The summed E-state index contributed by atoms with van der Waals surface area (Å²) >= 11 is 0. The third kappa shape index (κ3) is 2.90. The number of fused-ring (bicyclic) bond motifs is 1. The van der Waals surface area contributed by atoms with E-state index >= 15 is 0 Å². The molecule has 1 atom stereocenters. The number of likely N-dealkylation sites (tertiary alicyclic amines) is 1. The maximum absolute atomic E-state index is 12.7. The van der Waals surface area contributed by atoms with Gasteiger partial charge in [0.05, 0.1) is 15.5 Å². The molecular weight excluding hydrogens is 324 g/mol. The number of carbonyl (C=O) groups excluding carboxylic acids is 1. The summed E-state index contributed by atoms with van der Waals surface area (Å²) in [5.74, 6) is -0.202. The standard InChI is InChI=1S/C18H22N2O3S/c1-18(2,3)24(22,23)14-10-11-20(12-14)17(21)16-9-8-13-6-4-5-7-15(13)19-16/h4-9,14H,10-12H2,1-3H3/t14-/m0/s1. The molecule has 128 valence electrons. The predicted octanol–water partition coefficient (Wildman–Crippen LogP) is 2.66. The van der Waals surface area contributed by atoms with Gasteiger partial charge in [-0.25, -0.2) is 13.4 Å². The van der Waals surface area contributed by atoms with Gasteiger partial charge in [0.2, 0.25) is 0 Å². The van der Waals surface area contributed by atoms with E-state index in [4.69, 9.17) is 0 Å². The molecule has 0 bridgehead atoms. The molecule has 2 heterocycles. The summed E-state index contributed by atoms with van der Waals surface area (Å²) in [5.41, 5.74) is 1.13. The van der Waals surface area contributed by atoms with Crippen LogP contribution in [0, 0.1) is 0 Å². The van der Waals surface area contributed by atoms with Gasteiger partial charge < -0.3 is 4.90 Å². The van der Waals surface area contributed by atoms with Crippen molar-refractivity contribution in [3.8, 4) is 0 Å². The lowest BCUT2D eigenvalue weighted by atomic mass is 10.2. The fourth-order valence-electron chi connectivity index (χ4n) is 3.01. The van der Waals surface area contributed by atoms with Gasteiger partial charge in [-0.2, -0.15) is 0 Å². The zero-order valence-corrected chi connectivity index (χ0v) is 15.0. The van der Waals surface area contributed by atoms with Gasteiger partial charge in [0.15, 0.2) is 9.84 Å². The predicted molar refractivity (Wildman–Crippen MR) is 94.7 cm³/mol. The first kappa shape index (κ1) is 16.9. The molecule has 1 amide bonds. The number of sulfone groups is 1. The first-order chi connectivity index (χ1) is 11.2. The van der Waals surface area contributed by atoms with E-state index in [0.29, 0.717) is 18.7 Å². The zero-order chi connectivity index (χ0) is 17.5. The van der Waals surface area contributed by atoms with Crippen molar-refractivity contribution in [2.45, 2.75) is 37.2 Å². The smallest absolute Gasteiger partial charge is 0.272 e. The molecule has 1 aromatic carbocycles. The highest BCUT2D eigenvalue weighted by molar-refractivity contribution is 7.93. The molecular formula is C18H22N2O3S. The van der Waals surface area contributed by atoms with E-state index in [-0.39, 0.29) is 12.5 Å². The van der Waals surface area contributed by atoms with Crippen LogP contribution in [-0.2, 0) is 9.84 Å². The molecule has 1 saturated heterocycles. The number of para-hydroxylation sites is 1. The van der Waals surface area contributed by atoms with Crippen LogP contribution in [0.15, 0.2) is 36.4 Å². The average molecular weight is 346 g/mol. The summed E-state index contributed by atoms with van der Waals surface area (Å²) < 4.78 is 24.4. The molecule has 1 aliphatic rings. The molecule has 0 radical (unpaired) electrons. The number of carbonyl (C=O) groups is 1. The van der Waals surface area contributed by atoms with Crippen LogP contribution < -0.4 is 0 Å². The van der Waals surface area contributed by atoms with Crippen LogP contribution in [0.2, 0.25) is 0 Å². The molecule has 1 aromatic heterocycles. The van der Waals surface area contributed by atoms with Crippen LogP contribution >= 0.6 is 0 Å². The number of benzene rings is 1. The Bertz CT molecular complexity index is 885. The van der Waals surface area contributed by atoms with Crippen molar-refractivity contribution in [2.75, 3.05) is 13.1 Å². The minimum Gasteiger partial charge on any atom is -0.336 e. The second-order valence-electron chi connectivity index (χ2n) is 7.21. The Labute approximate surface area is 142 Å². The number of aromatic nitrogens is 1. The third-order valence-electron chi connectivity index (χ3n) is 4.54. The highest BCUT2D eigenvalue weighted by Gasteiger charge is 2.42. The fourth-order valence-corrected chi connectivity index (χ4v) is 4.80. The van der Waals surface area contributed by atoms with E-state index < -0.39 is 19.8 Å². The SMILES string of the molecule is CC(C)(C)S(=O)(=O)[C@H]1CCN(C(=O)c2ccc3ccccc3n2)C1. The molecule has 6 heteroatoms. The molecule has 0 unspecified atom stereocenters. The summed E-state index contributed by atoms with van der Waals surface area (Å²) in [7, 11) is -3.27. The molecule has 0 spiro atoms. The number of amides is 1. The van der Waals surface area contributed by atoms with Crippen molar-refractivity contribution in [1.82, 2.24) is 9.88 Å². The van der Waals surface area contributed by atoms with E-state index in [9.17, 15) is 13.2 Å². The lowest BCUT2D eigenvalue weighted by Gasteiger charge is -2.24. The van der Waals surface area contributed by atoms with Gasteiger partial charge in [0.25, 0.3) is 5.91 Å². The maximum atomic E-state index is 12.7. The van der Waals surface area contributed by atoms with E-state index in [1.54, 1.807) is 31.7 Å². The van der Waals surface area contributed by atoms with E-state index in [1.807, 2.05) is 30.3 Å². The highest BCUT2D eigenvalue weighted by Crippen LogP contribution is 2.27. The van der Waals surface area contributed by atoms with Crippen LogP contribution in [0.1, 0.15) is 37.7 Å². The van der Waals surface area contributed by atoms with Gasteiger partial charge in [0, 0.05) is 18.5 Å². The molecule has 5 nitrogen and oxygen atoms in total. The van der Waals surface area contributed by atoms with Gasteiger partial charge in [-0.15, -0.1) is 0 Å². The molecule has 2 aromatic rings. The minimum atomic E-state index is -3.27. The van der Waals surface area contributed by atoms with Gasteiger partial charge in [0.1, 0.15) is 5.69 Å². The van der Waals surface area contributed by atoms with Crippen LogP contribution in [0.5, 0.6) is 0 Å². The largest absolute Gasteiger partial charge is 0.336 e. The Hall–Kier alpha value is -1.95. The van der Waals surface area contributed by atoms with E-state index in [2.05, 4.69) is 4.98 Å².